The Morgan fingerprint density at radius 1 is 1.38 bits per heavy atom. The molecule has 5 atom stereocenters. The molecule has 24 heavy (non-hydrogen) atoms. The second-order valence-corrected chi connectivity index (χ2v) is 7.76. The smallest absolute Gasteiger partial charge is 0.165 e. The predicted molar refractivity (Wildman–Crippen MR) is 91.7 cm³/mol. The predicted octanol–water partition coefficient (Wildman–Crippen LogP) is 2.28. The molecular weight excluding hydrogens is 302 g/mol. The summed E-state index contributed by atoms with van der Waals surface area (Å²) in [6.45, 7) is 3.87. The second kappa shape index (κ2) is 4.99. The number of likely N-dealkylation sites (N-methyl/N-ethyl adjacent to an activating group) is 1. The molecule has 0 unspecified atom stereocenters. The monoisotopic (exact) mass is 327 g/mol. The molecule has 2 heterocycles. The highest BCUT2D eigenvalue weighted by atomic mass is 16.5. The minimum Gasteiger partial charge on any atom is -0.490 e. The van der Waals surface area contributed by atoms with Crippen LogP contribution < -0.4 is 9.47 Å². The van der Waals surface area contributed by atoms with E-state index in [2.05, 4.69) is 37.1 Å². The van der Waals surface area contributed by atoms with Gasteiger partial charge in [0.05, 0.1) is 6.61 Å². The molecule has 2 aliphatic heterocycles. The van der Waals surface area contributed by atoms with Gasteiger partial charge >= 0.3 is 0 Å². The molecule has 1 N–H and O–H groups in total. The van der Waals surface area contributed by atoms with Crippen molar-refractivity contribution in [3.05, 3.63) is 35.4 Å². The number of ether oxygens (including phenoxy) is 2. The van der Waals surface area contributed by atoms with Gasteiger partial charge < -0.3 is 19.5 Å². The van der Waals surface area contributed by atoms with Crippen LogP contribution in [0.1, 0.15) is 30.9 Å². The first-order chi connectivity index (χ1) is 11.7. The Hall–Kier alpha value is -1.52. The largest absolute Gasteiger partial charge is 0.490 e. The maximum absolute atomic E-state index is 10.7. The summed E-state index contributed by atoms with van der Waals surface area (Å²) < 4.78 is 12.4. The number of nitrogens with zero attached hydrogens (tertiary/aromatic N) is 1. The first-order valence-corrected chi connectivity index (χ1v) is 9.19. The molecule has 5 rings (SSSR count). The molecule has 2 aliphatic carbocycles. The molecule has 1 saturated heterocycles. The molecule has 0 radical (unpaired) electrons. The first-order valence-electron chi connectivity index (χ1n) is 9.19. The highest BCUT2D eigenvalue weighted by Crippen LogP contribution is 2.62. The zero-order chi connectivity index (χ0) is 16.5. The molecule has 1 fully saturated rings. The lowest BCUT2D eigenvalue weighted by molar-refractivity contribution is -0.0454. The fourth-order valence-corrected chi connectivity index (χ4v) is 5.55. The van der Waals surface area contributed by atoms with Gasteiger partial charge in [0.25, 0.3) is 0 Å². The summed E-state index contributed by atoms with van der Waals surface area (Å²) in [6.07, 6.45) is 6.55. The summed E-state index contributed by atoms with van der Waals surface area (Å²) in [5.74, 6) is 2.17. The molecule has 4 heteroatoms. The zero-order valence-corrected chi connectivity index (χ0v) is 14.4. The summed E-state index contributed by atoms with van der Waals surface area (Å²) in [5, 5.41) is 10.7. The Kier molecular flexibility index (Phi) is 3.08. The summed E-state index contributed by atoms with van der Waals surface area (Å²) in [5.41, 5.74) is 2.63. The Bertz CT molecular complexity index is 715. The molecule has 2 bridgehead atoms. The lowest BCUT2D eigenvalue weighted by Crippen LogP contribution is -2.64. The quantitative estimate of drug-likeness (QED) is 0.865. The Morgan fingerprint density at radius 3 is 3.08 bits per heavy atom. The van der Waals surface area contributed by atoms with Crippen LogP contribution in [-0.2, 0) is 11.8 Å². The van der Waals surface area contributed by atoms with Crippen LogP contribution in [0.5, 0.6) is 11.5 Å². The van der Waals surface area contributed by atoms with Gasteiger partial charge in [-0.1, -0.05) is 25.1 Å². The number of hydrogen-bond acceptors (Lipinski definition) is 4. The molecule has 128 valence electrons. The Morgan fingerprint density at radius 2 is 2.25 bits per heavy atom. The standard InChI is InChI=1S/C20H25NO3/c1-3-10-23-16-7-4-12-11-14-13-5-6-15(22)19-20(13,8-9-21(14)2)17(12)18(16)24-19/h4-7,13-15,19,22H,3,8-11H2,1-2H3/t13-,14+,15+,19-,20-/m0/s1. The summed E-state index contributed by atoms with van der Waals surface area (Å²) in [4.78, 5) is 2.48. The topological polar surface area (TPSA) is 41.9 Å². The molecule has 4 aliphatic rings. The van der Waals surface area contributed by atoms with E-state index in [1.165, 1.54) is 11.1 Å². The third-order valence-electron chi connectivity index (χ3n) is 6.60. The van der Waals surface area contributed by atoms with Gasteiger partial charge in [0, 0.05) is 22.9 Å². The fourth-order valence-electron chi connectivity index (χ4n) is 5.55. The van der Waals surface area contributed by atoms with Crippen LogP contribution in [0.4, 0.5) is 0 Å². The van der Waals surface area contributed by atoms with Gasteiger partial charge in [-0.25, -0.2) is 0 Å². The normalized spacial score (nSPS) is 38.6. The number of aliphatic hydroxyl groups excluding tert-OH is 1. The van der Waals surface area contributed by atoms with E-state index < -0.39 is 6.10 Å². The van der Waals surface area contributed by atoms with Crippen LogP contribution in [-0.4, -0.2) is 48.5 Å². The van der Waals surface area contributed by atoms with E-state index in [0.717, 1.165) is 37.3 Å². The van der Waals surface area contributed by atoms with Crippen LogP contribution in [0, 0.1) is 5.92 Å². The van der Waals surface area contributed by atoms with Gasteiger partial charge in [0.2, 0.25) is 0 Å². The van der Waals surface area contributed by atoms with Crippen molar-refractivity contribution in [3.63, 3.8) is 0 Å². The summed E-state index contributed by atoms with van der Waals surface area (Å²) >= 11 is 0. The molecule has 4 nitrogen and oxygen atoms in total. The van der Waals surface area contributed by atoms with Crippen molar-refractivity contribution in [1.82, 2.24) is 4.90 Å². The van der Waals surface area contributed by atoms with Crippen molar-refractivity contribution >= 4 is 0 Å². The van der Waals surface area contributed by atoms with Crippen LogP contribution in [0.25, 0.3) is 0 Å². The number of benzene rings is 1. The number of piperidine rings is 1. The van der Waals surface area contributed by atoms with Crippen molar-refractivity contribution in [3.8, 4) is 11.5 Å². The maximum Gasteiger partial charge on any atom is 0.165 e. The van der Waals surface area contributed by atoms with Crippen LogP contribution in [0.3, 0.4) is 0 Å². The van der Waals surface area contributed by atoms with E-state index in [-0.39, 0.29) is 11.5 Å². The van der Waals surface area contributed by atoms with Crippen LogP contribution in [0.15, 0.2) is 24.3 Å². The van der Waals surface area contributed by atoms with Crippen molar-refractivity contribution in [2.45, 2.75) is 49.9 Å². The van der Waals surface area contributed by atoms with E-state index in [1.807, 2.05) is 6.08 Å². The zero-order valence-electron chi connectivity index (χ0n) is 14.4. The van der Waals surface area contributed by atoms with Crippen molar-refractivity contribution < 1.29 is 14.6 Å². The highest BCUT2D eigenvalue weighted by molar-refractivity contribution is 5.62. The Labute approximate surface area is 143 Å². The first kappa shape index (κ1) is 14.8. The van der Waals surface area contributed by atoms with Crippen molar-refractivity contribution in [2.24, 2.45) is 5.92 Å². The summed E-state index contributed by atoms with van der Waals surface area (Å²) in [6, 6.07) is 4.78. The van der Waals surface area contributed by atoms with Gasteiger partial charge in [-0.15, -0.1) is 0 Å². The van der Waals surface area contributed by atoms with Gasteiger partial charge in [-0.05, 0) is 44.5 Å². The molecule has 0 saturated carbocycles. The SMILES string of the molecule is CCCOc1ccc2c3c1O[C@H]1[C@H](O)C=C[C@H]4[C@@H](C2)N(C)CC[C@@]341. The highest BCUT2D eigenvalue weighted by Gasteiger charge is 2.64. The van der Waals surface area contributed by atoms with Gasteiger partial charge in [-0.3, -0.25) is 0 Å². The van der Waals surface area contributed by atoms with Gasteiger partial charge in [0.15, 0.2) is 11.5 Å². The number of rotatable bonds is 3. The lowest BCUT2D eigenvalue weighted by Gasteiger charge is -2.56. The van der Waals surface area contributed by atoms with Crippen LogP contribution >= 0.6 is 0 Å². The lowest BCUT2D eigenvalue weighted by atomic mass is 9.53. The molecule has 1 aromatic rings. The van der Waals surface area contributed by atoms with E-state index >= 15 is 0 Å². The maximum atomic E-state index is 10.7. The third-order valence-corrected chi connectivity index (χ3v) is 6.60. The third kappa shape index (κ3) is 1.66. The van der Waals surface area contributed by atoms with Crippen LogP contribution in [0.2, 0.25) is 0 Å². The minimum absolute atomic E-state index is 0.0835. The van der Waals surface area contributed by atoms with Gasteiger partial charge in [0.1, 0.15) is 12.2 Å². The van der Waals surface area contributed by atoms with E-state index in [9.17, 15) is 5.11 Å². The van der Waals surface area contributed by atoms with E-state index in [0.29, 0.717) is 18.6 Å². The molecule has 0 amide bonds. The molecular formula is C20H25NO3. The average molecular weight is 327 g/mol. The number of hydrogen-bond donors (Lipinski definition) is 1. The van der Waals surface area contributed by atoms with E-state index in [4.69, 9.17) is 9.47 Å². The number of likely N-dealkylation sites (tertiary alicyclic amines) is 1. The molecule has 0 aromatic heterocycles. The average Bonchev–Trinajstić information content (AvgIpc) is 2.94. The second-order valence-electron chi connectivity index (χ2n) is 7.76. The Balaban J connectivity index is 1.72. The summed E-state index contributed by atoms with van der Waals surface area (Å²) in [7, 11) is 2.23. The van der Waals surface area contributed by atoms with Gasteiger partial charge in [-0.2, -0.15) is 0 Å². The molecule has 1 aromatic carbocycles. The fraction of sp³-hybridized carbons (Fsp3) is 0.600. The minimum atomic E-state index is -0.539. The van der Waals surface area contributed by atoms with Crippen molar-refractivity contribution in [2.75, 3.05) is 20.2 Å². The number of aliphatic hydroxyl groups is 1. The van der Waals surface area contributed by atoms with Crippen molar-refractivity contribution in [1.29, 1.82) is 0 Å². The molecule has 1 spiro atoms. The van der Waals surface area contributed by atoms with E-state index in [1.54, 1.807) is 0 Å².